The number of rotatable bonds is 5. The molecule has 108 valence electrons. The Kier molecular flexibility index (Phi) is 3.89. The van der Waals surface area contributed by atoms with Crippen molar-refractivity contribution in [2.24, 2.45) is 11.1 Å². The molecule has 0 bridgehead atoms. The van der Waals surface area contributed by atoms with Gasteiger partial charge in [-0.25, -0.2) is 0 Å². The van der Waals surface area contributed by atoms with E-state index in [9.17, 15) is 4.79 Å². The molecule has 2 heteroatoms. The first-order valence-corrected chi connectivity index (χ1v) is 7.61. The molecule has 21 heavy (non-hydrogen) atoms. The Balaban J connectivity index is 1.73. The maximum atomic E-state index is 12.4. The number of carbonyl (C=O) groups is 1. The van der Waals surface area contributed by atoms with Crippen molar-refractivity contribution in [2.45, 2.75) is 25.7 Å². The Labute approximate surface area is 126 Å². The molecule has 0 aliphatic heterocycles. The lowest BCUT2D eigenvalue weighted by Crippen LogP contribution is -2.39. The maximum absolute atomic E-state index is 12.4. The Bertz CT molecular complexity index is 606. The lowest BCUT2D eigenvalue weighted by atomic mass is 9.65. The summed E-state index contributed by atoms with van der Waals surface area (Å²) in [4.78, 5) is 12.4. The van der Waals surface area contributed by atoms with Crippen LogP contribution in [-0.4, -0.2) is 12.3 Å². The number of Topliss-reactive ketones (excluding diaryl/α,β-unsaturated/α-hetero) is 1. The van der Waals surface area contributed by atoms with Crippen LogP contribution >= 0.6 is 0 Å². The van der Waals surface area contributed by atoms with Gasteiger partial charge in [0, 0.05) is 12.0 Å². The molecule has 3 rings (SSSR count). The molecule has 1 aliphatic rings. The summed E-state index contributed by atoms with van der Waals surface area (Å²) < 4.78 is 0. The van der Waals surface area contributed by atoms with Crippen LogP contribution in [0.5, 0.6) is 0 Å². The number of carbonyl (C=O) groups excluding carboxylic acids is 1. The van der Waals surface area contributed by atoms with Crippen molar-refractivity contribution in [3.8, 4) is 11.1 Å². The zero-order chi connectivity index (χ0) is 14.7. The molecule has 1 fully saturated rings. The van der Waals surface area contributed by atoms with Gasteiger partial charge in [-0.15, -0.1) is 0 Å². The fourth-order valence-corrected chi connectivity index (χ4v) is 3.05. The molecule has 0 saturated heterocycles. The number of nitrogens with two attached hydrogens (primary N) is 1. The van der Waals surface area contributed by atoms with E-state index in [-0.39, 0.29) is 11.2 Å². The van der Waals surface area contributed by atoms with Gasteiger partial charge in [0.2, 0.25) is 0 Å². The van der Waals surface area contributed by atoms with Gasteiger partial charge in [0.05, 0.1) is 0 Å². The van der Waals surface area contributed by atoms with Crippen molar-refractivity contribution < 1.29 is 4.79 Å². The van der Waals surface area contributed by atoms with Crippen LogP contribution in [0.3, 0.4) is 0 Å². The topological polar surface area (TPSA) is 43.1 Å². The summed E-state index contributed by atoms with van der Waals surface area (Å²) in [6.07, 6.45) is 3.99. The lowest BCUT2D eigenvalue weighted by Gasteiger charge is -2.40. The van der Waals surface area contributed by atoms with Crippen LogP contribution in [0.1, 0.15) is 36.0 Å². The molecule has 0 atom stereocenters. The quantitative estimate of drug-likeness (QED) is 0.839. The van der Waals surface area contributed by atoms with Crippen LogP contribution in [0, 0.1) is 5.41 Å². The van der Waals surface area contributed by atoms with Crippen molar-refractivity contribution in [3.63, 3.8) is 0 Å². The van der Waals surface area contributed by atoms with Crippen molar-refractivity contribution >= 4 is 5.78 Å². The second kappa shape index (κ2) is 5.82. The minimum Gasteiger partial charge on any atom is -0.330 e. The highest BCUT2D eigenvalue weighted by Crippen LogP contribution is 2.43. The molecular formula is C19H21NO. The summed E-state index contributed by atoms with van der Waals surface area (Å²) in [7, 11) is 0. The van der Waals surface area contributed by atoms with Gasteiger partial charge in [-0.3, -0.25) is 4.79 Å². The maximum Gasteiger partial charge on any atom is 0.163 e. The van der Waals surface area contributed by atoms with Crippen LogP contribution in [0.25, 0.3) is 11.1 Å². The van der Waals surface area contributed by atoms with Crippen molar-refractivity contribution in [1.82, 2.24) is 0 Å². The van der Waals surface area contributed by atoms with E-state index in [1.807, 2.05) is 42.5 Å². The second-order valence-electron chi connectivity index (χ2n) is 6.10. The number of hydrogen-bond donors (Lipinski definition) is 1. The third-order valence-electron chi connectivity index (χ3n) is 4.70. The molecule has 1 saturated carbocycles. The van der Waals surface area contributed by atoms with Crippen LogP contribution < -0.4 is 5.73 Å². The van der Waals surface area contributed by atoms with Crippen molar-refractivity contribution in [3.05, 3.63) is 60.2 Å². The van der Waals surface area contributed by atoms with E-state index in [4.69, 9.17) is 5.73 Å². The summed E-state index contributed by atoms with van der Waals surface area (Å²) in [6.45, 7) is 0.626. The highest BCUT2D eigenvalue weighted by molar-refractivity contribution is 5.97. The van der Waals surface area contributed by atoms with Crippen LogP contribution in [0.4, 0.5) is 0 Å². The first-order valence-electron chi connectivity index (χ1n) is 7.61. The van der Waals surface area contributed by atoms with Crippen molar-refractivity contribution in [1.29, 1.82) is 0 Å². The minimum absolute atomic E-state index is 0.0786. The molecule has 2 aromatic rings. The van der Waals surface area contributed by atoms with Gasteiger partial charge in [-0.05, 0) is 35.9 Å². The molecule has 0 unspecified atom stereocenters. The average Bonchev–Trinajstić information content (AvgIpc) is 2.52. The van der Waals surface area contributed by atoms with Gasteiger partial charge in [0.1, 0.15) is 0 Å². The molecular weight excluding hydrogens is 258 g/mol. The summed E-state index contributed by atoms with van der Waals surface area (Å²) in [5, 5.41) is 0. The SMILES string of the molecule is NCC1(CC(=O)c2ccc(-c3ccccc3)cc2)CCC1. The largest absolute Gasteiger partial charge is 0.330 e. The normalized spacial score (nSPS) is 16.2. The molecule has 0 amide bonds. The van der Waals surface area contributed by atoms with E-state index in [2.05, 4.69) is 12.1 Å². The van der Waals surface area contributed by atoms with E-state index in [1.54, 1.807) is 0 Å². The fraction of sp³-hybridized carbons (Fsp3) is 0.316. The smallest absolute Gasteiger partial charge is 0.163 e. The van der Waals surface area contributed by atoms with Gasteiger partial charge in [0.15, 0.2) is 5.78 Å². The van der Waals surface area contributed by atoms with E-state index >= 15 is 0 Å². The highest BCUT2D eigenvalue weighted by Gasteiger charge is 2.37. The second-order valence-corrected chi connectivity index (χ2v) is 6.10. The Hall–Kier alpha value is -1.93. The summed E-state index contributed by atoms with van der Waals surface area (Å²) in [5.74, 6) is 0.222. The molecule has 2 aromatic carbocycles. The van der Waals surface area contributed by atoms with E-state index < -0.39 is 0 Å². The van der Waals surface area contributed by atoms with E-state index in [1.165, 1.54) is 12.0 Å². The van der Waals surface area contributed by atoms with Crippen LogP contribution in [-0.2, 0) is 0 Å². The Morgan fingerprint density at radius 1 is 0.952 bits per heavy atom. The predicted molar refractivity (Wildman–Crippen MR) is 86.2 cm³/mol. The summed E-state index contributed by atoms with van der Waals surface area (Å²) >= 11 is 0. The molecule has 2 N–H and O–H groups in total. The molecule has 0 radical (unpaired) electrons. The number of ketones is 1. The average molecular weight is 279 g/mol. The Morgan fingerprint density at radius 3 is 2.10 bits per heavy atom. The van der Waals surface area contributed by atoms with Crippen LogP contribution in [0.15, 0.2) is 54.6 Å². The molecule has 0 heterocycles. The standard InChI is InChI=1S/C19H21NO/c20-14-19(11-4-12-19)13-18(21)17-9-7-16(8-10-17)15-5-2-1-3-6-15/h1-3,5-10H,4,11-14,20H2. The van der Waals surface area contributed by atoms with Gasteiger partial charge in [-0.2, -0.15) is 0 Å². The summed E-state index contributed by atoms with van der Waals surface area (Å²) in [6, 6.07) is 18.1. The van der Waals surface area contributed by atoms with Crippen LogP contribution in [0.2, 0.25) is 0 Å². The first kappa shape index (κ1) is 14.0. The minimum atomic E-state index is 0.0786. The molecule has 0 spiro atoms. The van der Waals surface area contributed by atoms with Gasteiger partial charge >= 0.3 is 0 Å². The molecule has 0 aromatic heterocycles. The zero-order valence-corrected chi connectivity index (χ0v) is 12.2. The van der Waals surface area contributed by atoms with Gasteiger partial charge in [-0.1, -0.05) is 61.0 Å². The summed E-state index contributed by atoms with van der Waals surface area (Å²) in [5.41, 5.74) is 9.04. The van der Waals surface area contributed by atoms with E-state index in [0.29, 0.717) is 13.0 Å². The van der Waals surface area contributed by atoms with Crippen molar-refractivity contribution in [2.75, 3.05) is 6.54 Å². The Morgan fingerprint density at radius 2 is 1.57 bits per heavy atom. The number of hydrogen-bond acceptors (Lipinski definition) is 2. The monoisotopic (exact) mass is 279 g/mol. The molecule has 2 nitrogen and oxygen atoms in total. The lowest BCUT2D eigenvalue weighted by molar-refractivity contribution is 0.0786. The highest BCUT2D eigenvalue weighted by atomic mass is 16.1. The number of benzene rings is 2. The van der Waals surface area contributed by atoms with E-state index in [0.717, 1.165) is 24.0 Å². The fourth-order valence-electron chi connectivity index (χ4n) is 3.05. The predicted octanol–water partition coefficient (Wildman–Crippen LogP) is 4.06. The third-order valence-corrected chi connectivity index (χ3v) is 4.70. The third kappa shape index (κ3) is 2.91. The van der Waals surface area contributed by atoms with Gasteiger partial charge in [0.25, 0.3) is 0 Å². The van der Waals surface area contributed by atoms with Gasteiger partial charge < -0.3 is 5.73 Å². The first-order chi connectivity index (χ1) is 10.2. The zero-order valence-electron chi connectivity index (χ0n) is 12.2. The molecule has 1 aliphatic carbocycles.